The second kappa shape index (κ2) is 14.3. The van der Waals surface area contributed by atoms with Crippen molar-refractivity contribution in [2.45, 2.75) is 140 Å². The molecule has 0 aromatic heterocycles. The number of ether oxygens (including phenoxy) is 1. The molecule has 56 heavy (non-hydrogen) atoms. The number of aliphatic hydroxyl groups excluding tert-OH is 2. The number of fused-ring (bicyclic) bond motifs is 10. The van der Waals surface area contributed by atoms with E-state index in [0.717, 1.165) is 70.9 Å². The molecule has 1 spiro atoms. The molecule has 5 aliphatic carbocycles. The zero-order valence-electron chi connectivity index (χ0n) is 34.9. The Labute approximate surface area is 337 Å². The monoisotopic (exact) mass is 762 g/mol. The minimum Gasteiger partial charge on any atom is -0.393 e. The highest BCUT2D eigenvalue weighted by atomic mass is 16.5. The van der Waals surface area contributed by atoms with Crippen LogP contribution >= 0.6 is 0 Å². The van der Waals surface area contributed by atoms with Gasteiger partial charge in [0.2, 0.25) is 0 Å². The number of methoxy groups -OCH3 is 1. The Morgan fingerprint density at radius 2 is 1.57 bits per heavy atom. The number of nitrogens with zero attached hydrogens (tertiary/aromatic N) is 1. The second-order valence-corrected chi connectivity index (χ2v) is 21.7. The van der Waals surface area contributed by atoms with Crippen LogP contribution in [0, 0.1) is 64.1 Å². The van der Waals surface area contributed by atoms with Crippen molar-refractivity contribution in [3.8, 4) is 0 Å². The highest BCUT2D eigenvalue weighted by Gasteiger charge is 2.67. The number of hydrogen-bond donors (Lipinski definition) is 3. The fourth-order valence-electron chi connectivity index (χ4n) is 16.4. The Kier molecular flexibility index (Phi) is 9.77. The lowest BCUT2D eigenvalue weighted by atomic mass is 9.46. The molecule has 304 valence electrons. The van der Waals surface area contributed by atoms with Crippen molar-refractivity contribution in [2.24, 2.45) is 64.1 Å². The minimum atomic E-state index is -0.603. The third-order valence-corrected chi connectivity index (χ3v) is 18.9. The molecule has 2 saturated heterocycles. The first-order chi connectivity index (χ1) is 27.0. The molecule has 5 heteroatoms. The summed E-state index contributed by atoms with van der Waals surface area (Å²) in [5, 5.41) is 41.7. The maximum Gasteiger partial charge on any atom is 0.0805 e. The van der Waals surface area contributed by atoms with Gasteiger partial charge in [0.25, 0.3) is 0 Å². The summed E-state index contributed by atoms with van der Waals surface area (Å²) in [6, 6.07) is 20.9. The van der Waals surface area contributed by atoms with Crippen LogP contribution in [0.4, 0.5) is 0 Å². The van der Waals surface area contributed by atoms with E-state index in [1.54, 1.807) is 0 Å². The van der Waals surface area contributed by atoms with Gasteiger partial charge in [0.1, 0.15) is 0 Å². The van der Waals surface area contributed by atoms with E-state index in [1.807, 2.05) is 7.11 Å². The fraction of sp³-hybridized carbons (Fsp3) is 0.725. The molecule has 0 radical (unpaired) electrons. The van der Waals surface area contributed by atoms with Crippen molar-refractivity contribution in [1.82, 2.24) is 4.90 Å². The first kappa shape index (κ1) is 38.2. The van der Waals surface area contributed by atoms with Gasteiger partial charge < -0.3 is 20.1 Å². The highest BCUT2D eigenvalue weighted by molar-refractivity contribution is 5.98. The number of piperidine rings is 2. The molecule has 2 heterocycles. The second-order valence-electron chi connectivity index (χ2n) is 21.7. The minimum absolute atomic E-state index is 0.0428. The first-order valence-corrected chi connectivity index (χ1v) is 23.2. The summed E-state index contributed by atoms with van der Waals surface area (Å²) in [6.45, 7) is 10.3. The van der Waals surface area contributed by atoms with Crippen molar-refractivity contribution in [3.63, 3.8) is 0 Å². The van der Waals surface area contributed by atoms with Crippen molar-refractivity contribution in [3.05, 3.63) is 60.2 Å². The standard InChI is InChI=1S/C51H71NO4/c1-31-11-16-47-50(3,55)43-15-14-39-40(42(43)29-52(47)28-31)24-44-41(39)25-46(53)45-26-48(54)51(30-49(44,45)2)18-17-32(27-51)20-33(10-7-19-56-4)36-12-13-37-21-34-8-5-6-9-35(34)22-38(37)23-36/h5-6,8-9,12-13,21-23,31-33,39-48,53-55H,7,10-11,14-20,24-30H2,1-4H3/t31-,32+,33-,39+,40+,41+,42+,43-,44-,45+,46+,47-,48-,49-,50+,51-/m1/s1. The summed E-state index contributed by atoms with van der Waals surface area (Å²) in [5.74, 6) is 5.49. The van der Waals surface area contributed by atoms with Crippen LogP contribution in [0.25, 0.3) is 21.5 Å². The number of rotatable bonds is 7. The van der Waals surface area contributed by atoms with Gasteiger partial charge in [-0.2, -0.15) is 0 Å². The van der Waals surface area contributed by atoms with Gasteiger partial charge in [0.15, 0.2) is 0 Å². The predicted octanol–water partition coefficient (Wildman–Crippen LogP) is 9.98. The molecule has 3 aromatic rings. The molecule has 3 aromatic carbocycles. The summed E-state index contributed by atoms with van der Waals surface area (Å²) in [5.41, 5.74) is 0.868. The lowest BCUT2D eigenvalue weighted by Crippen LogP contribution is -2.67. The third kappa shape index (κ3) is 6.17. The van der Waals surface area contributed by atoms with Crippen LogP contribution in [0.5, 0.6) is 0 Å². The van der Waals surface area contributed by atoms with Gasteiger partial charge >= 0.3 is 0 Å². The summed E-state index contributed by atoms with van der Waals surface area (Å²) in [6.07, 6.45) is 15.0. The van der Waals surface area contributed by atoms with Crippen LogP contribution in [0.1, 0.15) is 122 Å². The summed E-state index contributed by atoms with van der Waals surface area (Å²) < 4.78 is 5.56. The van der Waals surface area contributed by atoms with Gasteiger partial charge in [-0.05, 0) is 206 Å². The van der Waals surface area contributed by atoms with Gasteiger partial charge in [-0.1, -0.05) is 56.3 Å². The van der Waals surface area contributed by atoms with Crippen molar-refractivity contribution in [1.29, 1.82) is 0 Å². The zero-order chi connectivity index (χ0) is 38.6. The average molecular weight is 762 g/mol. The van der Waals surface area contributed by atoms with Crippen LogP contribution in [0.3, 0.4) is 0 Å². The zero-order valence-corrected chi connectivity index (χ0v) is 34.9. The highest BCUT2D eigenvalue weighted by Crippen LogP contribution is 2.71. The summed E-state index contributed by atoms with van der Waals surface area (Å²) in [4.78, 5) is 2.71. The molecular weight excluding hydrogens is 691 g/mol. The van der Waals surface area contributed by atoms with E-state index in [9.17, 15) is 15.3 Å². The van der Waals surface area contributed by atoms with Crippen LogP contribution in [-0.2, 0) is 4.74 Å². The van der Waals surface area contributed by atoms with Gasteiger partial charge in [-0.25, -0.2) is 0 Å². The Morgan fingerprint density at radius 3 is 2.38 bits per heavy atom. The molecule has 16 atom stereocenters. The number of benzene rings is 3. The lowest BCUT2D eigenvalue weighted by molar-refractivity contribution is -0.180. The molecule has 7 aliphatic rings. The van der Waals surface area contributed by atoms with Crippen LogP contribution in [0.2, 0.25) is 0 Å². The van der Waals surface area contributed by atoms with E-state index in [2.05, 4.69) is 80.3 Å². The normalized spacial score (nSPS) is 45.3. The van der Waals surface area contributed by atoms with E-state index >= 15 is 0 Å². The summed E-state index contributed by atoms with van der Waals surface area (Å²) in [7, 11) is 1.82. The van der Waals surface area contributed by atoms with Crippen molar-refractivity contribution < 1.29 is 20.1 Å². The molecule has 5 nitrogen and oxygen atoms in total. The predicted molar refractivity (Wildman–Crippen MR) is 226 cm³/mol. The van der Waals surface area contributed by atoms with E-state index in [1.165, 1.54) is 65.8 Å². The molecule has 2 aliphatic heterocycles. The Bertz CT molecular complexity index is 1910. The van der Waals surface area contributed by atoms with Gasteiger partial charge in [-0.15, -0.1) is 0 Å². The fourth-order valence-corrected chi connectivity index (χ4v) is 16.4. The summed E-state index contributed by atoms with van der Waals surface area (Å²) >= 11 is 0. The quantitative estimate of drug-likeness (QED) is 0.165. The number of aliphatic hydroxyl groups is 3. The molecular formula is C51H71NO4. The average Bonchev–Trinajstić information content (AvgIpc) is 3.76. The Morgan fingerprint density at radius 1 is 0.786 bits per heavy atom. The Hall–Kier alpha value is -2.02. The van der Waals surface area contributed by atoms with Gasteiger partial charge in [-0.3, -0.25) is 4.90 Å². The lowest BCUT2D eigenvalue weighted by Gasteiger charge is -2.60. The maximum absolute atomic E-state index is 12.3. The van der Waals surface area contributed by atoms with Crippen LogP contribution < -0.4 is 0 Å². The first-order valence-electron chi connectivity index (χ1n) is 23.2. The smallest absolute Gasteiger partial charge is 0.0805 e. The van der Waals surface area contributed by atoms with E-state index in [0.29, 0.717) is 59.3 Å². The maximum atomic E-state index is 12.3. The molecule has 0 unspecified atom stereocenters. The molecule has 0 bridgehead atoms. The topological polar surface area (TPSA) is 73.2 Å². The largest absolute Gasteiger partial charge is 0.393 e. The van der Waals surface area contributed by atoms with E-state index in [4.69, 9.17) is 4.74 Å². The van der Waals surface area contributed by atoms with Crippen LogP contribution in [0.15, 0.2) is 54.6 Å². The van der Waals surface area contributed by atoms with E-state index in [-0.39, 0.29) is 29.0 Å². The molecule has 0 amide bonds. The molecule has 3 N–H and O–H groups in total. The van der Waals surface area contributed by atoms with Crippen molar-refractivity contribution in [2.75, 3.05) is 26.8 Å². The third-order valence-electron chi connectivity index (χ3n) is 18.9. The van der Waals surface area contributed by atoms with Crippen molar-refractivity contribution >= 4 is 21.5 Å². The molecule has 10 rings (SSSR count). The molecule has 7 fully saturated rings. The van der Waals surface area contributed by atoms with Gasteiger partial charge in [0.05, 0.1) is 17.8 Å². The van der Waals surface area contributed by atoms with Crippen LogP contribution in [-0.4, -0.2) is 70.9 Å². The SMILES string of the molecule is COCCC[C@H](C[C@@H]1CC[C@@]2(C1)C[C@]1(C)[C@@H]3C[C@H]4[C@H](CC[C@@H]5[C@H]4CN4C[C@H](C)CC[C@@H]4[C@@]5(C)O)[C@@H]3C[C@H](O)[C@@H]1C[C@H]2O)c1ccc2cc3ccccc3cc2c1. The number of hydrogen-bond acceptors (Lipinski definition) is 5. The Balaban J connectivity index is 0.893. The van der Waals surface area contributed by atoms with E-state index < -0.39 is 5.60 Å². The molecule has 5 saturated carbocycles. The van der Waals surface area contributed by atoms with Gasteiger partial charge in [0, 0.05) is 32.8 Å².